The van der Waals surface area contributed by atoms with Crippen molar-refractivity contribution in [1.29, 1.82) is 0 Å². The van der Waals surface area contributed by atoms with Gasteiger partial charge in [0.1, 0.15) is 0 Å². The summed E-state index contributed by atoms with van der Waals surface area (Å²) in [5, 5.41) is 0. The van der Waals surface area contributed by atoms with Crippen molar-refractivity contribution in [2.45, 2.75) is 24.9 Å². The van der Waals surface area contributed by atoms with Crippen molar-refractivity contribution in [3.63, 3.8) is 0 Å². The molecule has 98 valence electrons. The molecule has 0 fully saturated rings. The highest BCUT2D eigenvalue weighted by Gasteiger charge is 2.68. The minimum atomic E-state index is -6.51. The van der Waals surface area contributed by atoms with E-state index in [0.29, 0.717) is 0 Å². The maximum atomic E-state index is 11.9. The van der Waals surface area contributed by atoms with E-state index in [4.69, 9.17) is 0 Å². The van der Waals surface area contributed by atoms with Crippen molar-refractivity contribution in [3.05, 3.63) is 0 Å². The molecule has 0 aliphatic carbocycles. The first-order chi connectivity index (χ1) is 6.66. The van der Waals surface area contributed by atoms with E-state index in [-0.39, 0.29) is 0 Å². The lowest BCUT2D eigenvalue weighted by Gasteiger charge is -2.26. The Morgan fingerprint density at radius 3 is 0.750 bits per heavy atom. The zero-order valence-electron chi connectivity index (χ0n) is 6.60. The topological polar surface area (TPSA) is 18.5 Å². The summed E-state index contributed by atoms with van der Waals surface area (Å²) < 4.78 is 118. The molecule has 0 aliphatic heterocycles. The van der Waals surface area contributed by atoms with Gasteiger partial charge in [0.15, 0.2) is 0 Å². The number of rotatable bonds is 3. The van der Waals surface area contributed by atoms with Crippen molar-refractivity contribution in [2.24, 2.45) is 0 Å². The first-order valence-electron chi connectivity index (χ1n) is 2.96. The molecule has 12 heteroatoms. The lowest BCUT2D eigenvalue weighted by Crippen LogP contribution is -2.50. The van der Waals surface area contributed by atoms with Crippen LogP contribution in [0.2, 0.25) is 0 Å². The summed E-state index contributed by atoms with van der Waals surface area (Å²) in [5.74, 6) is 0. The second kappa shape index (κ2) is 3.91. The fourth-order valence-electron chi connectivity index (χ4n) is 0.410. The largest absolute Gasteiger partial charge is 0.527 e. The zero-order valence-corrected chi connectivity index (χ0v) is 6.60. The van der Waals surface area contributed by atoms with Gasteiger partial charge in [0, 0.05) is 0 Å². The van der Waals surface area contributed by atoms with Crippen molar-refractivity contribution in [3.8, 4) is 0 Å². The van der Waals surface area contributed by atoms with Gasteiger partial charge in [0.05, 0.1) is 0 Å². The Hall–Kier alpha value is -0.780. The van der Waals surface area contributed by atoms with E-state index in [9.17, 15) is 43.9 Å². The molecule has 0 aliphatic rings. The Bertz CT molecular complexity index is 212. The number of halogens is 10. The molecule has 0 saturated heterocycles. The maximum Gasteiger partial charge on any atom is 0.527 e. The number of hydrogen-bond acceptors (Lipinski definition) is 2. The first kappa shape index (κ1) is 15.2. The molecule has 0 aromatic rings. The van der Waals surface area contributed by atoms with Gasteiger partial charge in [-0.25, -0.2) is 9.47 Å². The molecule has 0 radical (unpaired) electrons. The second-order valence-corrected chi connectivity index (χ2v) is 2.13. The molecular weight excluding hydrogens is 270 g/mol. The molecule has 0 N–H and O–H groups in total. The highest BCUT2D eigenvalue weighted by atomic mass is 19.4. The van der Waals surface area contributed by atoms with Gasteiger partial charge in [-0.2, -0.15) is 17.6 Å². The van der Waals surface area contributed by atoms with Crippen LogP contribution < -0.4 is 0 Å². The molecule has 0 bridgehead atoms. The highest BCUT2D eigenvalue weighted by molar-refractivity contribution is 4.67. The SMILES string of the molecule is FC(F)(F)OC(F)(F)C(F)(F)OC(F)(F)F. The summed E-state index contributed by atoms with van der Waals surface area (Å²) in [6.45, 7) is 0. The molecule has 0 rings (SSSR count). The highest BCUT2D eigenvalue weighted by Crippen LogP contribution is 2.43. The van der Waals surface area contributed by atoms with Crippen LogP contribution in [0.3, 0.4) is 0 Å². The van der Waals surface area contributed by atoms with Gasteiger partial charge in [-0.05, 0) is 0 Å². The second-order valence-electron chi connectivity index (χ2n) is 2.13. The molecule has 0 spiro atoms. The minimum absolute atomic E-state index is 1.53. The van der Waals surface area contributed by atoms with Gasteiger partial charge in [-0.3, -0.25) is 0 Å². The summed E-state index contributed by atoms with van der Waals surface area (Å²) in [7, 11) is 0. The van der Waals surface area contributed by atoms with Crippen LogP contribution in [-0.4, -0.2) is 24.9 Å². The van der Waals surface area contributed by atoms with Crippen molar-refractivity contribution in [1.82, 2.24) is 0 Å². The summed E-state index contributed by atoms with van der Waals surface area (Å²) in [6.07, 6.45) is -25.6. The van der Waals surface area contributed by atoms with Gasteiger partial charge in [0.25, 0.3) is 0 Å². The molecule has 0 atom stereocenters. The molecule has 0 unspecified atom stereocenters. The molecule has 16 heavy (non-hydrogen) atoms. The molecular formula is C4F10O2. The Morgan fingerprint density at radius 1 is 0.438 bits per heavy atom. The Morgan fingerprint density at radius 2 is 0.625 bits per heavy atom. The molecule has 0 heterocycles. The number of hydrogen-bond donors (Lipinski definition) is 0. The third kappa shape index (κ3) is 4.83. The van der Waals surface area contributed by atoms with Crippen LogP contribution in [0.25, 0.3) is 0 Å². The fourth-order valence-corrected chi connectivity index (χ4v) is 0.410. The lowest BCUT2D eigenvalue weighted by atomic mass is 10.6. The Balaban J connectivity index is 4.85. The Kier molecular flexibility index (Phi) is 3.72. The average molecular weight is 270 g/mol. The van der Waals surface area contributed by atoms with E-state index in [2.05, 4.69) is 0 Å². The van der Waals surface area contributed by atoms with E-state index in [1.165, 1.54) is 9.47 Å². The van der Waals surface area contributed by atoms with E-state index in [1.54, 1.807) is 0 Å². The minimum Gasteiger partial charge on any atom is -0.219 e. The monoisotopic (exact) mass is 270 g/mol. The summed E-state index contributed by atoms with van der Waals surface area (Å²) in [5.41, 5.74) is 0. The lowest BCUT2D eigenvalue weighted by molar-refractivity contribution is -0.542. The number of alkyl halides is 10. The van der Waals surface area contributed by atoms with Crippen LogP contribution in [0.1, 0.15) is 0 Å². The molecule has 2 nitrogen and oxygen atoms in total. The van der Waals surface area contributed by atoms with Crippen LogP contribution in [0.5, 0.6) is 0 Å². The van der Waals surface area contributed by atoms with E-state index < -0.39 is 24.9 Å². The average Bonchev–Trinajstić information content (AvgIpc) is 1.72. The van der Waals surface area contributed by atoms with Crippen molar-refractivity contribution >= 4 is 0 Å². The van der Waals surface area contributed by atoms with Gasteiger partial charge < -0.3 is 0 Å². The van der Waals surface area contributed by atoms with E-state index >= 15 is 0 Å². The normalized spacial score (nSPS) is 15.4. The zero-order chi connectivity index (χ0) is 13.4. The summed E-state index contributed by atoms with van der Waals surface area (Å²) >= 11 is 0. The Labute approximate surface area is 79.7 Å². The van der Waals surface area contributed by atoms with E-state index in [1.807, 2.05) is 0 Å². The van der Waals surface area contributed by atoms with Gasteiger partial charge in [0.2, 0.25) is 0 Å². The summed E-state index contributed by atoms with van der Waals surface area (Å²) in [6, 6.07) is 0. The van der Waals surface area contributed by atoms with Crippen LogP contribution in [0.4, 0.5) is 43.9 Å². The van der Waals surface area contributed by atoms with Gasteiger partial charge >= 0.3 is 24.9 Å². The smallest absolute Gasteiger partial charge is 0.219 e. The van der Waals surface area contributed by atoms with Crippen LogP contribution in [0, 0.1) is 0 Å². The molecule has 0 amide bonds. The third-order valence-electron chi connectivity index (χ3n) is 0.827. The first-order valence-corrected chi connectivity index (χ1v) is 2.96. The van der Waals surface area contributed by atoms with Crippen LogP contribution in [-0.2, 0) is 9.47 Å². The van der Waals surface area contributed by atoms with Gasteiger partial charge in [-0.15, -0.1) is 26.3 Å². The quantitative estimate of drug-likeness (QED) is 0.733. The van der Waals surface area contributed by atoms with Crippen LogP contribution >= 0.6 is 0 Å². The maximum absolute atomic E-state index is 11.9. The van der Waals surface area contributed by atoms with Crippen molar-refractivity contribution < 1.29 is 53.4 Å². The third-order valence-corrected chi connectivity index (χ3v) is 0.827. The molecule has 0 aromatic carbocycles. The number of ether oxygens (including phenoxy) is 2. The van der Waals surface area contributed by atoms with Crippen molar-refractivity contribution in [2.75, 3.05) is 0 Å². The predicted octanol–water partition coefficient (Wildman–Crippen LogP) is 3.24. The summed E-state index contributed by atoms with van der Waals surface area (Å²) in [4.78, 5) is 0. The standard InChI is InChI=1S/C4F10O2/c5-1(6,15-3(9,10)11)2(7,8)16-4(12,13)14. The van der Waals surface area contributed by atoms with E-state index in [0.717, 1.165) is 0 Å². The fraction of sp³-hybridized carbons (Fsp3) is 1.00. The molecule has 0 saturated carbocycles. The molecule has 0 aromatic heterocycles. The van der Waals surface area contributed by atoms with Crippen LogP contribution in [0.15, 0.2) is 0 Å². The predicted molar refractivity (Wildman–Crippen MR) is 24.2 cm³/mol. The van der Waals surface area contributed by atoms with Gasteiger partial charge in [-0.1, -0.05) is 0 Å².